The molecule has 0 aliphatic heterocycles. The fourth-order valence-corrected chi connectivity index (χ4v) is 2.89. The topological polar surface area (TPSA) is 81.8 Å². The molecule has 2 saturated carbocycles. The van der Waals surface area contributed by atoms with Crippen LogP contribution >= 0.6 is 0 Å². The first-order valence-electron chi connectivity index (χ1n) is 10.9. The Bertz CT molecular complexity index is 451. The van der Waals surface area contributed by atoms with Crippen molar-refractivity contribution in [3.63, 3.8) is 0 Å². The number of isocyanates is 2. The van der Waals surface area contributed by atoms with E-state index in [1.165, 1.54) is 77.0 Å². The molecule has 172 valence electrons. The maximum absolute atomic E-state index is 8.35. The summed E-state index contributed by atoms with van der Waals surface area (Å²) in [5, 5.41) is 10.8. The second-order valence-electron chi connectivity index (χ2n) is 6.76. The number of hydrogen-bond acceptors (Lipinski definition) is 4. The van der Waals surface area contributed by atoms with E-state index in [2.05, 4.69) is 0 Å². The largest absolute Gasteiger partial charge is 0.231 e. The molecule has 4 nitrogen and oxygen atoms in total. The molecule has 4 heteroatoms. The molecular weight excluding hydrogens is 384 g/mol. The summed E-state index contributed by atoms with van der Waals surface area (Å²) in [6, 6.07) is 24.0. The van der Waals surface area contributed by atoms with Crippen LogP contribution in [-0.2, 0) is 9.59 Å². The normalized spacial score (nSPS) is 12.9. The molecule has 0 saturated heterocycles. The maximum Gasteiger partial charge on any atom is 0.231 e. The second kappa shape index (κ2) is 34.7. The molecule has 0 unspecified atom stereocenters. The molecular formula is C27H42N2O2. The van der Waals surface area contributed by atoms with Gasteiger partial charge in [0.2, 0.25) is 12.2 Å². The minimum Gasteiger partial charge on any atom is -0.222 e. The second-order valence-corrected chi connectivity index (χ2v) is 6.76. The summed E-state index contributed by atoms with van der Waals surface area (Å²) < 4.78 is 0. The highest BCUT2D eigenvalue weighted by atomic mass is 16.1. The van der Waals surface area contributed by atoms with E-state index >= 15 is 0 Å². The highest BCUT2D eigenvalue weighted by Gasteiger charge is 1.96. The van der Waals surface area contributed by atoms with Crippen LogP contribution < -0.4 is 0 Å². The average molecular weight is 427 g/mol. The van der Waals surface area contributed by atoms with Gasteiger partial charge in [-0.2, -0.15) is 0 Å². The third-order valence-electron chi connectivity index (χ3n) is 4.33. The standard InChI is InChI=1S/2C6H12.2C6H6.2CHNO.CH4/c4*1-2-4-6-5-3-1;2*2-1-3;/h2*1-6H2;2*1-6H;2*2H;1H4. The first kappa shape index (κ1) is 32.9. The Morgan fingerprint density at radius 3 is 0.484 bits per heavy atom. The average Bonchev–Trinajstić information content (AvgIpc) is 2.86. The number of benzene rings is 2. The number of rotatable bonds is 0. The molecule has 0 atom stereocenters. The Hall–Kier alpha value is -2.80. The third kappa shape index (κ3) is 38.4. The predicted molar refractivity (Wildman–Crippen MR) is 132 cm³/mol. The lowest BCUT2D eigenvalue weighted by molar-refractivity contribution is 0.504. The molecule has 2 aromatic rings. The highest BCUT2D eigenvalue weighted by molar-refractivity contribution is 5.26. The summed E-state index contributed by atoms with van der Waals surface area (Å²) in [6.45, 7) is 0. The molecule has 2 N–H and O–H groups in total. The van der Waals surface area contributed by atoms with Gasteiger partial charge in [-0.3, -0.25) is 0 Å². The highest BCUT2D eigenvalue weighted by Crippen LogP contribution is 2.15. The Labute approximate surface area is 190 Å². The van der Waals surface area contributed by atoms with E-state index in [9.17, 15) is 0 Å². The van der Waals surface area contributed by atoms with Crippen molar-refractivity contribution in [2.24, 2.45) is 0 Å². The summed E-state index contributed by atoms with van der Waals surface area (Å²) in [5.74, 6) is 0. The van der Waals surface area contributed by atoms with Gasteiger partial charge in [0.1, 0.15) is 0 Å². The van der Waals surface area contributed by atoms with Crippen molar-refractivity contribution < 1.29 is 9.59 Å². The Morgan fingerprint density at radius 2 is 0.419 bits per heavy atom. The molecule has 0 heterocycles. The van der Waals surface area contributed by atoms with E-state index in [1.54, 1.807) is 0 Å². The first-order valence-corrected chi connectivity index (χ1v) is 10.9. The van der Waals surface area contributed by atoms with Gasteiger partial charge in [0, 0.05) is 0 Å². The van der Waals surface area contributed by atoms with E-state index in [0.717, 1.165) is 12.2 Å². The Kier molecular flexibility index (Phi) is 36.8. The third-order valence-corrected chi connectivity index (χ3v) is 4.33. The minimum absolute atomic E-state index is 0. The van der Waals surface area contributed by atoms with Crippen LogP contribution in [0.4, 0.5) is 0 Å². The molecule has 31 heavy (non-hydrogen) atoms. The molecule has 0 radical (unpaired) electrons. The van der Waals surface area contributed by atoms with Crippen molar-refractivity contribution in [3.05, 3.63) is 72.8 Å². The molecule has 2 fully saturated rings. The van der Waals surface area contributed by atoms with Gasteiger partial charge >= 0.3 is 0 Å². The van der Waals surface area contributed by atoms with Gasteiger partial charge in [-0.05, 0) is 0 Å². The van der Waals surface area contributed by atoms with Crippen molar-refractivity contribution in [1.29, 1.82) is 10.8 Å². The maximum atomic E-state index is 8.35. The van der Waals surface area contributed by atoms with Crippen molar-refractivity contribution in [2.75, 3.05) is 0 Å². The monoisotopic (exact) mass is 426 g/mol. The molecule has 2 aliphatic carbocycles. The number of carbonyl (C=O) groups excluding carboxylic acids is 2. The van der Waals surface area contributed by atoms with Crippen LogP contribution in [0.3, 0.4) is 0 Å². The molecule has 2 aromatic carbocycles. The fraction of sp³-hybridized carbons (Fsp3) is 0.481. The molecule has 0 bridgehead atoms. The van der Waals surface area contributed by atoms with Crippen LogP contribution in [0.2, 0.25) is 0 Å². The summed E-state index contributed by atoms with van der Waals surface area (Å²) in [4.78, 5) is 16.7. The molecule has 2 aliphatic rings. The molecule has 0 amide bonds. The summed E-state index contributed by atoms with van der Waals surface area (Å²) in [6.07, 6.45) is 19.5. The Balaban J connectivity index is -0.000000309. The van der Waals surface area contributed by atoms with Gasteiger partial charge in [-0.25, -0.2) is 20.4 Å². The van der Waals surface area contributed by atoms with Crippen LogP contribution in [-0.4, -0.2) is 12.2 Å². The zero-order chi connectivity index (χ0) is 22.4. The smallest absolute Gasteiger partial charge is 0.222 e. The quantitative estimate of drug-likeness (QED) is 0.327. The van der Waals surface area contributed by atoms with Gasteiger partial charge in [-0.1, -0.05) is 157 Å². The lowest BCUT2D eigenvalue weighted by Gasteiger charge is -2.05. The number of hydrogen-bond donors (Lipinski definition) is 2. The SMILES string of the molecule is C.C1CCCCC1.C1CCCCC1.N=C=O.N=C=O.c1ccccc1.c1ccccc1. The van der Waals surface area contributed by atoms with Gasteiger partial charge in [0.15, 0.2) is 0 Å². The van der Waals surface area contributed by atoms with Crippen LogP contribution in [0.25, 0.3) is 0 Å². The summed E-state index contributed by atoms with van der Waals surface area (Å²) >= 11 is 0. The fourth-order valence-electron chi connectivity index (χ4n) is 2.89. The van der Waals surface area contributed by atoms with Gasteiger partial charge in [-0.15, -0.1) is 0 Å². The zero-order valence-electron chi connectivity index (χ0n) is 18.2. The molecule has 4 rings (SSSR count). The van der Waals surface area contributed by atoms with Crippen molar-refractivity contribution in [3.8, 4) is 0 Å². The van der Waals surface area contributed by atoms with Gasteiger partial charge in [0.05, 0.1) is 0 Å². The molecule has 0 spiro atoms. The minimum atomic E-state index is 0. The Morgan fingerprint density at radius 1 is 0.355 bits per heavy atom. The van der Waals surface area contributed by atoms with E-state index in [4.69, 9.17) is 20.4 Å². The predicted octanol–water partition coefficient (Wildman–Crippen LogP) is 8.49. The molecule has 0 aromatic heterocycles. The zero-order valence-corrected chi connectivity index (χ0v) is 18.2. The van der Waals surface area contributed by atoms with Gasteiger partial charge < -0.3 is 0 Å². The van der Waals surface area contributed by atoms with Crippen LogP contribution in [0.15, 0.2) is 72.8 Å². The van der Waals surface area contributed by atoms with Crippen LogP contribution in [0.1, 0.15) is 84.5 Å². The van der Waals surface area contributed by atoms with E-state index in [-0.39, 0.29) is 7.43 Å². The van der Waals surface area contributed by atoms with Crippen molar-refractivity contribution >= 4 is 12.2 Å². The van der Waals surface area contributed by atoms with Crippen LogP contribution in [0, 0.1) is 10.8 Å². The van der Waals surface area contributed by atoms with Crippen LogP contribution in [0.5, 0.6) is 0 Å². The van der Waals surface area contributed by atoms with E-state index < -0.39 is 0 Å². The lowest BCUT2D eigenvalue weighted by Crippen LogP contribution is -1.85. The number of nitrogens with one attached hydrogen (secondary N) is 2. The van der Waals surface area contributed by atoms with Crippen molar-refractivity contribution in [2.45, 2.75) is 84.5 Å². The lowest BCUT2D eigenvalue weighted by atomic mass is 10.0. The first-order chi connectivity index (χ1) is 14.8. The summed E-state index contributed by atoms with van der Waals surface area (Å²) in [7, 11) is 0. The van der Waals surface area contributed by atoms with Crippen molar-refractivity contribution in [1.82, 2.24) is 0 Å². The van der Waals surface area contributed by atoms with E-state index in [1.807, 2.05) is 72.8 Å². The summed E-state index contributed by atoms with van der Waals surface area (Å²) in [5.41, 5.74) is 0. The van der Waals surface area contributed by atoms with E-state index in [0.29, 0.717) is 0 Å². The van der Waals surface area contributed by atoms with Gasteiger partial charge in [0.25, 0.3) is 0 Å².